The number of hydrogen-bond acceptors (Lipinski definition) is 11. The van der Waals surface area contributed by atoms with Gasteiger partial charge >= 0.3 is 17.9 Å². The molecule has 0 N–H and O–H groups in total. The molecule has 4 heterocycles. The summed E-state index contributed by atoms with van der Waals surface area (Å²) in [6.45, 7) is 5.28. The topological polar surface area (TPSA) is 149 Å². The first-order valence-corrected chi connectivity index (χ1v) is 14.2. The van der Waals surface area contributed by atoms with Gasteiger partial charge in [0.05, 0.1) is 26.1 Å². The Hall–Kier alpha value is -4.13. The molecule has 2 atom stereocenters. The molecule has 3 aliphatic heterocycles. The third kappa shape index (κ3) is 6.35. The SMILES string of the molecule is CCCCOC(=O)COc1ccc(C(=O)CN2CCN(C3CCN4C(=O)OC4(Cc4oc(=O)oc4C)C3)CC2=O)cc1. The van der Waals surface area contributed by atoms with Gasteiger partial charge in [0, 0.05) is 37.7 Å². The number of piperazine rings is 1. The number of rotatable bonds is 12. The van der Waals surface area contributed by atoms with Crippen molar-refractivity contribution in [1.82, 2.24) is 14.7 Å². The monoisotopic (exact) mass is 585 g/mol. The fraction of sp³-hybridized carbons (Fsp3) is 0.552. The van der Waals surface area contributed by atoms with E-state index in [0.717, 1.165) is 12.8 Å². The van der Waals surface area contributed by atoms with Gasteiger partial charge in [-0.1, -0.05) is 13.3 Å². The molecule has 5 rings (SSSR count). The van der Waals surface area contributed by atoms with Crippen molar-refractivity contribution in [3.8, 4) is 5.75 Å². The van der Waals surface area contributed by atoms with Gasteiger partial charge in [-0.25, -0.2) is 14.4 Å². The zero-order chi connectivity index (χ0) is 29.9. The second-order valence-corrected chi connectivity index (χ2v) is 10.8. The van der Waals surface area contributed by atoms with Crippen molar-refractivity contribution < 1.29 is 42.2 Å². The summed E-state index contributed by atoms with van der Waals surface area (Å²) in [5, 5.41) is 0. The average molecular weight is 586 g/mol. The Morgan fingerprint density at radius 1 is 1.07 bits per heavy atom. The molecule has 0 bridgehead atoms. The van der Waals surface area contributed by atoms with E-state index in [-0.39, 0.29) is 43.8 Å². The number of carbonyl (C=O) groups excluding carboxylic acids is 4. The number of piperidine rings is 1. The van der Waals surface area contributed by atoms with Crippen LogP contribution >= 0.6 is 0 Å². The maximum atomic E-state index is 13.1. The van der Waals surface area contributed by atoms with Crippen LogP contribution in [0.15, 0.2) is 37.9 Å². The zero-order valence-electron chi connectivity index (χ0n) is 23.8. The molecule has 13 heteroatoms. The quantitative estimate of drug-likeness (QED) is 0.205. The molecular formula is C29H35N3O10. The van der Waals surface area contributed by atoms with Gasteiger partial charge < -0.3 is 27.9 Å². The van der Waals surface area contributed by atoms with Gasteiger partial charge in [-0.05, 0) is 44.0 Å². The van der Waals surface area contributed by atoms with Crippen molar-refractivity contribution in [3.63, 3.8) is 0 Å². The van der Waals surface area contributed by atoms with E-state index in [1.165, 1.54) is 0 Å². The van der Waals surface area contributed by atoms with Gasteiger partial charge in [0.2, 0.25) is 11.6 Å². The first-order chi connectivity index (χ1) is 20.2. The van der Waals surface area contributed by atoms with Crippen LogP contribution in [0.3, 0.4) is 0 Å². The summed E-state index contributed by atoms with van der Waals surface area (Å²) in [5.74, 6) is -0.488. The predicted molar refractivity (Wildman–Crippen MR) is 145 cm³/mol. The lowest BCUT2D eigenvalue weighted by atomic mass is 9.87. The lowest BCUT2D eigenvalue weighted by Crippen LogP contribution is -2.72. The number of esters is 1. The number of fused-ring (bicyclic) bond motifs is 1. The molecule has 13 nitrogen and oxygen atoms in total. The Balaban J connectivity index is 1.12. The van der Waals surface area contributed by atoms with Crippen LogP contribution in [0.2, 0.25) is 0 Å². The van der Waals surface area contributed by atoms with Gasteiger partial charge in [-0.15, -0.1) is 0 Å². The summed E-state index contributed by atoms with van der Waals surface area (Å²) in [4.78, 5) is 66.6. The van der Waals surface area contributed by atoms with Gasteiger partial charge in [-0.2, -0.15) is 0 Å². The molecule has 226 valence electrons. The molecule has 2 unspecified atom stereocenters. The summed E-state index contributed by atoms with van der Waals surface area (Å²) >= 11 is 0. The van der Waals surface area contributed by atoms with E-state index in [0.29, 0.717) is 61.9 Å². The van der Waals surface area contributed by atoms with Gasteiger partial charge in [0.1, 0.15) is 11.5 Å². The summed E-state index contributed by atoms with van der Waals surface area (Å²) < 4.78 is 26.2. The largest absolute Gasteiger partial charge is 0.519 e. The minimum atomic E-state index is -0.952. The van der Waals surface area contributed by atoms with E-state index < -0.39 is 23.6 Å². The highest BCUT2D eigenvalue weighted by molar-refractivity contribution is 5.99. The number of unbranched alkanes of at least 4 members (excludes halogenated alkanes) is 1. The minimum absolute atomic E-state index is 0.0356. The normalized spacial score (nSPS) is 22.3. The highest BCUT2D eigenvalue weighted by Gasteiger charge is 2.58. The van der Waals surface area contributed by atoms with Crippen LogP contribution in [0.25, 0.3) is 0 Å². The van der Waals surface area contributed by atoms with E-state index in [1.807, 2.05) is 6.92 Å². The van der Waals surface area contributed by atoms with E-state index in [4.69, 9.17) is 23.0 Å². The highest BCUT2D eigenvalue weighted by atomic mass is 16.6. The second-order valence-electron chi connectivity index (χ2n) is 10.8. The molecule has 3 fully saturated rings. The number of hydrogen-bond donors (Lipinski definition) is 0. The molecule has 0 radical (unpaired) electrons. The van der Waals surface area contributed by atoms with Crippen LogP contribution in [0, 0.1) is 6.92 Å². The van der Waals surface area contributed by atoms with Crippen LogP contribution < -0.4 is 10.6 Å². The predicted octanol–water partition coefficient (Wildman–Crippen LogP) is 2.14. The summed E-state index contributed by atoms with van der Waals surface area (Å²) in [6, 6.07) is 6.40. The Bertz CT molecular complexity index is 1380. The smallest absolute Gasteiger partial charge is 0.482 e. The van der Waals surface area contributed by atoms with E-state index in [1.54, 1.807) is 41.0 Å². The number of ketones is 1. The standard InChI is InChI=1S/C29H35N3O10/c1-3-4-13-38-26(35)18-39-22-7-5-20(6-8-22)23(33)16-31-12-11-30(17-25(31)34)21-9-10-32-27(36)42-29(32,14-21)15-24-19(2)40-28(37)41-24/h5-8,21H,3-4,9-18H2,1-2H3. The summed E-state index contributed by atoms with van der Waals surface area (Å²) in [6.07, 6.45) is 2.61. The van der Waals surface area contributed by atoms with Crippen molar-refractivity contribution in [2.45, 2.75) is 57.7 Å². The number of carbonyl (C=O) groups is 4. The summed E-state index contributed by atoms with van der Waals surface area (Å²) in [7, 11) is 0. The lowest BCUT2D eigenvalue weighted by Gasteiger charge is -2.56. The molecule has 42 heavy (non-hydrogen) atoms. The van der Waals surface area contributed by atoms with Crippen molar-refractivity contribution in [2.24, 2.45) is 0 Å². The third-order valence-electron chi connectivity index (χ3n) is 8.00. The Labute approximate surface area is 242 Å². The first-order valence-electron chi connectivity index (χ1n) is 14.2. The maximum absolute atomic E-state index is 13.1. The number of nitrogens with zero attached hydrogens (tertiary/aromatic N) is 3. The van der Waals surface area contributed by atoms with Crippen molar-refractivity contribution in [2.75, 3.05) is 45.9 Å². The Morgan fingerprint density at radius 2 is 1.86 bits per heavy atom. The van der Waals surface area contributed by atoms with E-state index >= 15 is 0 Å². The van der Waals surface area contributed by atoms with Crippen molar-refractivity contribution in [1.29, 1.82) is 0 Å². The fourth-order valence-electron chi connectivity index (χ4n) is 5.62. The number of benzene rings is 1. The number of aryl methyl sites for hydroxylation is 1. The van der Waals surface area contributed by atoms with E-state index in [2.05, 4.69) is 4.90 Å². The molecule has 3 saturated heterocycles. The molecule has 3 aliphatic rings. The molecule has 0 aliphatic carbocycles. The van der Waals surface area contributed by atoms with Crippen LogP contribution in [0.1, 0.15) is 54.5 Å². The average Bonchev–Trinajstić information content (AvgIpc) is 3.28. The molecule has 1 aromatic carbocycles. The summed E-state index contributed by atoms with van der Waals surface area (Å²) in [5.41, 5.74) is -0.517. The van der Waals surface area contributed by atoms with Gasteiger partial charge in [0.15, 0.2) is 18.2 Å². The number of amides is 2. The second kappa shape index (κ2) is 12.4. The minimum Gasteiger partial charge on any atom is -0.482 e. The van der Waals surface area contributed by atoms with Gasteiger partial charge in [-0.3, -0.25) is 19.4 Å². The lowest BCUT2D eigenvalue weighted by molar-refractivity contribution is -0.217. The molecular weight excluding hydrogens is 550 g/mol. The molecule has 0 spiro atoms. The van der Waals surface area contributed by atoms with E-state index in [9.17, 15) is 24.0 Å². The molecule has 2 aromatic rings. The number of ether oxygens (including phenoxy) is 3. The Kier molecular flexibility index (Phi) is 8.66. The highest BCUT2D eigenvalue weighted by Crippen LogP contribution is 2.42. The van der Waals surface area contributed by atoms with Crippen LogP contribution in [-0.2, 0) is 25.5 Å². The molecule has 0 saturated carbocycles. The number of Topliss-reactive ketones (excluding diaryl/α,β-unsaturated/α-hetero) is 1. The zero-order valence-corrected chi connectivity index (χ0v) is 23.8. The van der Waals surface area contributed by atoms with Crippen LogP contribution in [-0.4, -0.2) is 96.2 Å². The van der Waals surface area contributed by atoms with Gasteiger partial charge in [0.25, 0.3) is 0 Å². The third-order valence-corrected chi connectivity index (χ3v) is 8.00. The maximum Gasteiger partial charge on any atom is 0.519 e. The fourth-order valence-corrected chi connectivity index (χ4v) is 5.62. The molecule has 2 amide bonds. The van der Waals surface area contributed by atoms with Crippen molar-refractivity contribution >= 4 is 23.8 Å². The first kappa shape index (κ1) is 29.4. The van der Waals surface area contributed by atoms with Crippen LogP contribution in [0.5, 0.6) is 5.75 Å². The van der Waals surface area contributed by atoms with Crippen LogP contribution in [0.4, 0.5) is 4.79 Å². The Morgan fingerprint density at radius 3 is 2.52 bits per heavy atom. The molecule has 1 aromatic heterocycles. The van der Waals surface area contributed by atoms with Crippen molar-refractivity contribution in [3.05, 3.63) is 52.0 Å².